The molecule has 2 aromatic heterocycles. The van der Waals surface area contributed by atoms with Gasteiger partial charge < -0.3 is 8.83 Å². The van der Waals surface area contributed by atoms with E-state index in [4.69, 9.17) is 8.83 Å². The average Bonchev–Trinajstić information content (AvgIpc) is 3.54. The first-order chi connectivity index (χ1) is 18.4. The molecule has 192 valence electrons. The number of fused-ring (bicyclic) bond motifs is 1. The monoisotopic (exact) mass is 510 g/mol. The van der Waals surface area contributed by atoms with Crippen LogP contribution in [0, 0.1) is 13.8 Å². The zero-order valence-electron chi connectivity index (χ0n) is 21.0. The van der Waals surface area contributed by atoms with Crippen LogP contribution in [0.4, 0.5) is 0 Å². The van der Waals surface area contributed by atoms with Crippen LogP contribution in [0.5, 0.6) is 0 Å². The number of hydrogen-bond donors (Lipinski definition) is 3. The Morgan fingerprint density at radius 3 is 2.24 bits per heavy atom. The van der Waals surface area contributed by atoms with Crippen LogP contribution < -0.4 is 16.3 Å². The Hall–Kier alpha value is -4.92. The highest BCUT2D eigenvalue weighted by Gasteiger charge is 2.28. The van der Waals surface area contributed by atoms with E-state index in [1.54, 1.807) is 26.0 Å². The number of benzene rings is 2. The van der Waals surface area contributed by atoms with Gasteiger partial charge in [0, 0.05) is 23.1 Å². The summed E-state index contributed by atoms with van der Waals surface area (Å²) in [7, 11) is 0. The molecule has 4 aromatic rings. The minimum absolute atomic E-state index is 0.0802. The first-order valence-electron chi connectivity index (χ1n) is 12.2. The van der Waals surface area contributed by atoms with Crippen LogP contribution in [0.3, 0.4) is 0 Å². The van der Waals surface area contributed by atoms with Gasteiger partial charge in [-0.3, -0.25) is 25.2 Å². The normalized spacial score (nSPS) is 13.6. The van der Waals surface area contributed by atoms with E-state index >= 15 is 0 Å². The molecule has 0 bridgehead atoms. The SMILES string of the molecule is Cc1occc1C(=O)NNC(=O)c1oc2c(c1C)/C(=N/NC(=O)c1ccc(-c3ccccc3)cc1)CCC2. The lowest BCUT2D eigenvalue weighted by molar-refractivity contribution is 0.0828. The quantitative estimate of drug-likeness (QED) is 0.336. The van der Waals surface area contributed by atoms with Crippen LogP contribution in [0.2, 0.25) is 0 Å². The minimum Gasteiger partial charge on any atom is -0.469 e. The zero-order chi connectivity index (χ0) is 26.6. The molecule has 0 saturated heterocycles. The smallest absolute Gasteiger partial charge is 0.305 e. The fourth-order valence-electron chi connectivity index (χ4n) is 4.48. The van der Waals surface area contributed by atoms with Crippen molar-refractivity contribution in [2.75, 3.05) is 0 Å². The Balaban J connectivity index is 1.27. The molecule has 0 radical (unpaired) electrons. The van der Waals surface area contributed by atoms with Crippen LogP contribution in [0.1, 0.15) is 66.8 Å². The third-order valence-corrected chi connectivity index (χ3v) is 6.47. The van der Waals surface area contributed by atoms with Gasteiger partial charge in [0.15, 0.2) is 5.76 Å². The van der Waals surface area contributed by atoms with E-state index in [1.807, 2.05) is 42.5 Å². The fourth-order valence-corrected chi connectivity index (χ4v) is 4.48. The van der Waals surface area contributed by atoms with E-state index in [0.29, 0.717) is 52.3 Å². The lowest BCUT2D eigenvalue weighted by Gasteiger charge is -2.13. The van der Waals surface area contributed by atoms with Crippen molar-refractivity contribution in [1.29, 1.82) is 0 Å². The number of carbonyl (C=O) groups excluding carboxylic acids is 3. The highest BCUT2D eigenvalue weighted by Crippen LogP contribution is 2.30. The van der Waals surface area contributed by atoms with E-state index in [-0.39, 0.29) is 11.7 Å². The molecule has 1 aliphatic rings. The topological polar surface area (TPSA) is 126 Å². The number of aryl methyl sites for hydroxylation is 2. The molecule has 2 aromatic carbocycles. The maximum Gasteiger partial charge on any atom is 0.305 e. The van der Waals surface area contributed by atoms with Gasteiger partial charge in [-0.2, -0.15) is 5.10 Å². The van der Waals surface area contributed by atoms with Gasteiger partial charge in [0.05, 0.1) is 17.5 Å². The van der Waals surface area contributed by atoms with Crippen molar-refractivity contribution in [3.8, 4) is 11.1 Å². The van der Waals surface area contributed by atoms with E-state index in [0.717, 1.165) is 17.5 Å². The average molecular weight is 511 g/mol. The van der Waals surface area contributed by atoms with Gasteiger partial charge in [-0.05, 0) is 56.0 Å². The van der Waals surface area contributed by atoms with Crippen molar-refractivity contribution in [1.82, 2.24) is 16.3 Å². The molecule has 38 heavy (non-hydrogen) atoms. The third-order valence-electron chi connectivity index (χ3n) is 6.47. The molecule has 3 amide bonds. The summed E-state index contributed by atoms with van der Waals surface area (Å²) in [4.78, 5) is 37.8. The lowest BCUT2D eigenvalue weighted by Crippen LogP contribution is -2.41. The Morgan fingerprint density at radius 1 is 0.816 bits per heavy atom. The molecule has 0 spiro atoms. The molecule has 9 heteroatoms. The number of amides is 3. The van der Waals surface area contributed by atoms with Crippen LogP contribution in [0.15, 0.2) is 80.9 Å². The first kappa shape index (κ1) is 24.8. The summed E-state index contributed by atoms with van der Waals surface area (Å²) >= 11 is 0. The van der Waals surface area contributed by atoms with Gasteiger partial charge in [0.1, 0.15) is 11.5 Å². The summed E-state index contributed by atoms with van der Waals surface area (Å²) in [6, 6.07) is 18.7. The lowest BCUT2D eigenvalue weighted by atomic mass is 9.93. The predicted molar refractivity (Wildman–Crippen MR) is 141 cm³/mol. The molecule has 0 unspecified atom stereocenters. The van der Waals surface area contributed by atoms with Crippen LogP contribution >= 0.6 is 0 Å². The van der Waals surface area contributed by atoms with Crippen LogP contribution in [0.25, 0.3) is 11.1 Å². The number of rotatable bonds is 5. The Morgan fingerprint density at radius 2 is 1.53 bits per heavy atom. The molecule has 0 fully saturated rings. The second-order valence-electron chi connectivity index (χ2n) is 8.95. The van der Waals surface area contributed by atoms with E-state index in [9.17, 15) is 14.4 Å². The summed E-state index contributed by atoms with van der Waals surface area (Å²) in [5, 5.41) is 4.38. The Labute approximate surface area is 218 Å². The van der Waals surface area contributed by atoms with Gasteiger partial charge in [-0.15, -0.1) is 0 Å². The van der Waals surface area contributed by atoms with Gasteiger partial charge in [-0.1, -0.05) is 42.5 Å². The number of hydrazine groups is 1. The molecule has 3 N–H and O–H groups in total. The van der Waals surface area contributed by atoms with Crippen molar-refractivity contribution in [3.63, 3.8) is 0 Å². The highest BCUT2D eigenvalue weighted by molar-refractivity contribution is 6.07. The summed E-state index contributed by atoms with van der Waals surface area (Å²) in [6.45, 7) is 3.41. The number of carbonyl (C=O) groups is 3. The van der Waals surface area contributed by atoms with Crippen LogP contribution in [-0.4, -0.2) is 23.4 Å². The Bertz CT molecular complexity index is 1530. The predicted octanol–water partition coefficient (Wildman–Crippen LogP) is 4.70. The number of nitrogens with zero attached hydrogens (tertiary/aromatic N) is 1. The van der Waals surface area contributed by atoms with Crippen molar-refractivity contribution < 1.29 is 23.2 Å². The van der Waals surface area contributed by atoms with E-state index in [1.165, 1.54) is 12.3 Å². The molecule has 5 rings (SSSR count). The second-order valence-corrected chi connectivity index (χ2v) is 8.95. The van der Waals surface area contributed by atoms with Crippen molar-refractivity contribution in [2.45, 2.75) is 33.1 Å². The summed E-state index contributed by atoms with van der Waals surface area (Å²) in [5.41, 5.74) is 12.2. The molecular formula is C29H26N4O5. The fraction of sp³-hybridized carbons (Fsp3) is 0.172. The number of hydrogen-bond acceptors (Lipinski definition) is 6. The van der Waals surface area contributed by atoms with Crippen molar-refractivity contribution in [3.05, 3.63) is 106 Å². The molecule has 0 saturated carbocycles. The standard InChI is InChI=1S/C29H26N4O5/c1-17-25-23(30-31-27(34)21-13-11-20(12-14-21)19-7-4-3-5-8-19)9-6-10-24(25)38-26(17)29(36)33-32-28(35)22-15-16-37-18(22)2/h3-5,7-8,11-16H,6,9-10H2,1-2H3,(H,31,34)(H,32,35)(H,33,36)/b30-23+. The number of hydrazone groups is 1. The van der Waals surface area contributed by atoms with Gasteiger partial charge in [-0.25, -0.2) is 5.43 Å². The van der Waals surface area contributed by atoms with Gasteiger partial charge >= 0.3 is 5.91 Å². The molecule has 0 atom stereocenters. The third kappa shape index (κ3) is 4.99. The van der Waals surface area contributed by atoms with Crippen LogP contribution in [-0.2, 0) is 6.42 Å². The molecular weight excluding hydrogens is 484 g/mol. The molecule has 2 heterocycles. The molecule has 9 nitrogen and oxygen atoms in total. The minimum atomic E-state index is -0.590. The first-order valence-corrected chi connectivity index (χ1v) is 12.2. The maximum absolute atomic E-state index is 12.8. The maximum atomic E-state index is 12.8. The number of furan rings is 2. The van der Waals surface area contributed by atoms with Crippen molar-refractivity contribution in [2.24, 2.45) is 5.10 Å². The van der Waals surface area contributed by atoms with Gasteiger partial charge in [0.2, 0.25) is 0 Å². The second kappa shape index (κ2) is 10.6. The summed E-state index contributed by atoms with van der Waals surface area (Å²) in [5.74, 6) is -0.279. The largest absolute Gasteiger partial charge is 0.469 e. The van der Waals surface area contributed by atoms with Gasteiger partial charge in [0.25, 0.3) is 11.8 Å². The number of nitrogens with one attached hydrogen (secondary N) is 3. The molecule has 1 aliphatic carbocycles. The van der Waals surface area contributed by atoms with Crippen molar-refractivity contribution >= 4 is 23.4 Å². The highest BCUT2D eigenvalue weighted by atomic mass is 16.4. The Kier molecular flexibility index (Phi) is 6.90. The van der Waals surface area contributed by atoms with E-state index in [2.05, 4.69) is 21.4 Å². The zero-order valence-corrected chi connectivity index (χ0v) is 21.0. The van der Waals surface area contributed by atoms with E-state index < -0.39 is 11.8 Å². The summed E-state index contributed by atoms with van der Waals surface area (Å²) in [6.07, 6.45) is 3.42. The molecule has 0 aliphatic heterocycles. The summed E-state index contributed by atoms with van der Waals surface area (Å²) < 4.78 is 11.0.